The summed E-state index contributed by atoms with van der Waals surface area (Å²) in [5, 5.41) is 2.36. The molecular weight excluding hydrogens is 335 g/mol. The van der Waals surface area contributed by atoms with Gasteiger partial charge in [-0.25, -0.2) is 9.97 Å². The highest BCUT2D eigenvalue weighted by molar-refractivity contribution is 7.12. The molecule has 2 heterocycles. The zero-order valence-electron chi connectivity index (χ0n) is 12.2. The van der Waals surface area contributed by atoms with Crippen LogP contribution in [0.4, 0.5) is 13.2 Å². The molecule has 24 heavy (non-hydrogen) atoms. The second kappa shape index (κ2) is 5.45. The van der Waals surface area contributed by atoms with E-state index in [2.05, 4.69) is 9.97 Å². The monoisotopic (exact) mass is 345 g/mol. The fraction of sp³-hybridized carbons (Fsp3) is 0.0588. The van der Waals surface area contributed by atoms with Gasteiger partial charge in [-0.2, -0.15) is 13.2 Å². The molecule has 0 amide bonds. The average molecular weight is 345 g/mol. The number of aromatic nitrogens is 3. The van der Waals surface area contributed by atoms with Crippen LogP contribution in [0.1, 0.15) is 5.56 Å². The standard InChI is InChI=1S/C17H10F3N3S/c18-17(19,20)12-6-2-1-5-11(12)15-22-13-7-3-4-8-14(13)23(15)16-21-9-10-24-16/h1-10H. The Labute approximate surface area is 139 Å². The third-order valence-electron chi connectivity index (χ3n) is 3.64. The Morgan fingerprint density at radius 1 is 0.958 bits per heavy atom. The molecule has 3 nitrogen and oxygen atoms in total. The van der Waals surface area contributed by atoms with Gasteiger partial charge in [0.05, 0.1) is 16.6 Å². The van der Waals surface area contributed by atoms with Crippen LogP contribution in [0.3, 0.4) is 0 Å². The SMILES string of the molecule is FC(F)(F)c1ccccc1-c1nc2ccccc2n1-c1nccs1. The number of hydrogen-bond acceptors (Lipinski definition) is 3. The molecule has 2 aromatic carbocycles. The van der Waals surface area contributed by atoms with E-state index in [0.29, 0.717) is 10.6 Å². The van der Waals surface area contributed by atoms with E-state index in [4.69, 9.17) is 0 Å². The quantitative estimate of drug-likeness (QED) is 0.502. The summed E-state index contributed by atoms with van der Waals surface area (Å²) in [4.78, 5) is 8.69. The van der Waals surface area contributed by atoms with Crippen molar-refractivity contribution in [3.8, 4) is 16.5 Å². The molecule has 0 aliphatic heterocycles. The van der Waals surface area contributed by atoms with Gasteiger partial charge in [-0.1, -0.05) is 30.3 Å². The molecule has 0 aliphatic rings. The number of hydrogen-bond donors (Lipinski definition) is 0. The first kappa shape index (κ1) is 14.9. The number of imidazole rings is 1. The van der Waals surface area contributed by atoms with E-state index in [9.17, 15) is 13.2 Å². The van der Waals surface area contributed by atoms with Crippen molar-refractivity contribution in [2.75, 3.05) is 0 Å². The Kier molecular flexibility index (Phi) is 3.38. The minimum absolute atomic E-state index is 0.0383. The molecule has 120 valence electrons. The Bertz CT molecular complexity index is 1000. The van der Waals surface area contributed by atoms with Gasteiger partial charge in [-0.05, 0) is 18.2 Å². The van der Waals surface area contributed by atoms with Crippen LogP contribution in [0.15, 0.2) is 60.1 Å². The Balaban J connectivity index is 2.08. The van der Waals surface area contributed by atoms with Crippen LogP contribution >= 0.6 is 11.3 Å². The highest BCUT2D eigenvalue weighted by Crippen LogP contribution is 2.38. The van der Waals surface area contributed by atoms with Gasteiger partial charge in [0.15, 0.2) is 5.13 Å². The Morgan fingerprint density at radius 2 is 1.71 bits per heavy atom. The number of alkyl halides is 3. The van der Waals surface area contributed by atoms with Gasteiger partial charge in [0.25, 0.3) is 0 Å². The summed E-state index contributed by atoms with van der Waals surface area (Å²) in [6, 6.07) is 12.7. The summed E-state index contributed by atoms with van der Waals surface area (Å²) in [5.41, 5.74) is 0.675. The van der Waals surface area contributed by atoms with Gasteiger partial charge < -0.3 is 0 Å². The summed E-state index contributed by atoms with van der Waals surface area (Å²) in [5.74, 6) is 0.235. The molecule has 0 fully saturated rings. The zero-order chi connectivity index (χ0) is 16.7. The summed E-state index contributed by atoms with van der Waals surface area (Å²) >= 11 is 1.35. The molecule has 0 saturated heterocycles. The fourth-order valence-electron chi connectivity index (χ4n) is 2.65. The van der Waals surface area contributed by atoms with E-state index in [0.717, 1.165) is 11.6 Å². The van der Waals surface area contributed by atoms with Gasteiger partial charge in [0, 0.05) is 17.1 Å². The van der Waals surface area contributed by atoms with Crippen LogP contribution in [-0.4, -0.2) is 14.5 Å². The summed E-state index contributed by atoms with van der Waals surface area (Å²) in [6.07, 6.45) is -2.84. The van der Waals surface area contributed by atoms with Crippen molar-refractivity contribution in [1.29, 1.82) is 0 Å². The van der Waals surface area contributed by atoms with E-state index in [1.165, 1.54) is 23.5 Å². The smallest absolute Gasteiger partial charge is 0.268 e. The molecule has 2 aromatic heterocycles. The van der Waals surface area contributed by atoms with Crippen molar-refractivity contribution >= 4 is 22.4 Å². The third-order valence-corrected chi connectivity index (χ3v) is 4.40. The van der Waals surface area contributed by atoms with Crippen molar-refractivity contribution in [3.05, 3.63) is 65.7 Å². The third kappa shape index (κ3) is 2.37. The highest BCUT2D eigenvalue weighted by Gasteiger charge is 2.34. The summed E-state index contributed by atoms with van der Waals surface area (Å²) in [6.45, 7) is 0. The Hall–Kier alpha value is -2.67. The number of thiazole rings is 1. The van der Waals surface area contributed by atoms with Gasteiger partial charge >= 0.3 is 6.18 Å². The maximum atomic E-state index is 13.4. The fourth-order valence-corrected chi connectivity index (χ4v) is 3.31. The maximum Gasteiger partial charge on any atom is 0.417 e. The molecule has 0 atom stereocenters. The molecule has 4 rings (SSSR count). The van der Waals surface area contributed by atoms with Crippen molar-refractivity contribution in [2.45, 2.75) is 6.18 Å². The summed E-state index contributed by atoms with van der Waals surface area (Å²) < 4.78 is 41.9. The minimum atomic E-state index is -4.46. The molecule has 0 aliphatic carbocycles. The van der Waals surface area contributed by atoms with Crippen LogP contribution in [0.2, 0.25) is 0 Å². The van der Waals surface area contributed by atoms with E-state index in [-0.39, 0.29) is 11.4 Å². The lowest BCUT2D eigenvalue weighted by atomic mass is 10.1. The number of benzene rings is 2. The second-order valence-electron chi connectivity index (χ2n) is 5.12. The van der Waals surface area contributed by atoms with E-state index >= 15 is 0 Å². The van der Waals surface area contributed by atoms with Gasteiger partial charge in [-0.15, -0.1) is 11.3 Å². The number of halogens is 3. The van der Waals surface area contributed by atoms with E-state index in [1.54, 1.807) is 34.3 Å². The van der Waals surface area contributed by atoms with Crippen LogP contribution in [0.25, 0.3) is 27.6 Å². The molecule has 0 radical (unpaired) electrons. The molecule has 0 N–H and O–H groups in total. The molecular formula is C17H10F3N3S. The first-order valence-electron chi connectivity index (χ1n) is 7.09. The normalized spacial score (nSPS) is 12.0. The van der Waals surface area contributed by atoms with Crippen molar-refractivity contribution < 1.29 is 13.2 Å². The van der Waals surface area contributed by atoms with Crippen molar-refractivity contribution in [3.63, 3.8) is 0 Å². The van der Waals surface area contributed by atoms with Crippen molar-refractivity contribution in [1.82, 2.24) is 14.5 Å². The predicted molar refractivity (Wildman–Crippen MR) is 87.2 cm³/mol. The first-order chi connectivity index (χ1) is 11.6. The molecule has 4 aromatic rings. The second-order valence-corrected chi connectivity index (χ2v) is 5.99. The number of rotatable bonds is 2. The lowest BCUT2D eigenvalue weighted by Gasteiger charge is -2.13. The topological polar surface area (TPSA) is 30.7 Å². The Morgan fingerprint density at radius 3 is 2.46 bits per heavy atom. The number of para-hydroxylation sites is 2. The molecule has 0 unspecified atom stereocenters. The average Bonchev–Trinajstić information content (AvgIpc) is 3.21. The van der Waals surface area contributed by atoms with Crippen LogP contribution < -0.4 is 0 Å². The largest absolute Gasteiger partial charge is 0.417 e. The lowest BCUT2D eigenvalue weighted by molar-refractivity contribution is -0.137. The zero-order valence-corrected chi connectivity index (χ0v) is 13.0. The van der Waals surface area contributed by atoms with Gasteiger partial charge in [0.1, 0.15) is 5.82 Å². The predicted octanol–water partition coefficient (Wildman–Crippen LogP) is 5.17. The molecule has 7 heteroatoms. The highest BCUT2D eigenvalue weighted by atomic mass is 32.1. The molecule has 0 saturated carbocycles. The van der Waals surface area contributed by atoms with E-state index < -0.39 is 11.7 Å². The van der Waals surface area contributed by atoms with Crippen LogP contribution in [0, 0.1) is 0 Å². The maximum absolute atomic E-state index is 13.4. The minimum Gasteiger partial charge on any atom is -0.268 e. The van der Waals surface area contributed by atoms with Gasteiger partial charge in [-0.3, -0.25) is 4.57 Å². The molecule has 0 bridgehead atoms. The van der Waals surface area contributed by atoms with Crippen LogP contribution in [0.5, 0.6) is 0 Å². The molecule has 0 spiro atoms. The number of fused-ring (bicyclic) bond motifs is 1. The number of nitrogens with zero attached hydrogens (tertiary/aromatic N) is 3. The lowest BCUT2D eigenvalue weighted by Crippen LogP contribution is -2.09. The van der Waals surface area contributed by atoms with E-state index in [1.807, 2.05) is 12.1 Å². The van der Waals surface area contributed by atoms with Crippen LogP contribution in [-0.2, 0) is 6.18 Å². The first-order valence-corrected chi connectivity index (χ1v) is 7.97. The van der Waals surface area contributed by atoms with Gasteiger partial charge in [0.2, 0.25) is 0 Å². The summed E-state index contributed by atoms with van der Waals surface area (Å²) in [7, 11) is 0. The van der Waals surface area contributed by atoms with Crippen molar-refractivity contribution in [2.24, 2.45) is 0 Å².